The smallest absolute Gasteiger partial charge is 0.126 e. The first-order chi connectivity index (χ1) is 9.67. The van der Waals surface area contributed by atoms with Gasteiger partial charge in [0.15, 0.2) is 0 Å². The standard InChI is InChI=1S/C16H25N3O/c1-4-13(20)10-11-17-12(3)16-18-14-8-6-7-9-15(14)19(16)5-2/h6-9,12-13,17,20H,4-5,10-11H2,1-3H3. The maximum atomic E-state index is 9.60. The minimum Gasteiger partial charge on any atom is -0.393 e. The van der Waals surface area contributed by atoms with Crippen molar-refractivity contribution in [2.24, 2.45) is 0 Å². The number of aliphatic hydroxyl groups excluding tert-OH is 1. The number of aromatic nitrogens is 2. The van der Waals surface area contributed by atoms with E-state index in [2.05, 4.69) is 41.9 Å². The van der Waals surface area contributed by atoms with Crippen molar-refractivity contribution < 1.29 is 5.11 Å². The van der Waals surface area contributed by atoms with Crippen LogP contribution in [0.25, 0.3) is 11.0 Å². The Hall–Kier alpha value is -1.39. The molecule has 0 aliphatic rings. The lowest BCUT2D eigenvalue weighted by atomic mass is 10.2. The van der Waals surface area contributed by atoms with E-state index in [9.17, 15) is 5.11 Å². The van der Waals surface area contributed by atoms with E-state index in [4.69, 9.17) is 4.98 Å². The third-order valence-corrected chi connectivity index (χ3v) is 3.79. The summed E-state index contributed by atoms with van der Waals surface area (Å²) in [6.07, 6.45) is 1.39. The number of rotatable bonds is 7. The second-order valence-electron chi connectivity index (χ2n) is 5.23. The summed E-state index contributed by atoms with van der Waals surface area (Å²) in [6.45, 7) is 8.00. The van der Waals surface area contributed by atoms with E-state index in [0.717, 1.165) is 37.3 Å². The molecule has 0 aliphatic carbocycles. The largest absolute Gasteiger partial charge is 0.393 e. The lowest BCUT2D eigenvalue weighted by Crippen LogP contribution is -2.25. The van der Waals surface area contributed by atoms with Crippen LogP contribution in [0.4, 0.5) is 0 Å². The number of imidazole rings is 1. The van der Waals surface area contributed by atoms with Crippen molar-refractivity contribution >= 4 is 11.0 Å². The van der Waals surface area contributed by atoms with Crippen LogP contribution in [0.3, 0.4) is 0 Å². The van der Waals surface area contributed by atoms with Gasteiger partial charge in [0.25, 0.3) is 0 Å². The van der Waals surface area contributed by atoms with Gasteiger partial charge in [0.1, 0.15) is 5.82 Å². The number of benzene rings is 1. The Morgan fingerprint density at radius 1 is 1.30 bits per heavy atom. The summed E-state index contributed by atoms with van der Waals surface area (Å²) in [5, 5.41) is 13.1. The van der Waals surface area contributed by atoms with Crippen LogP contribution in [0.15, 0.2) is 24.3 Å². The van der Waals surface area contributed by atoms with Gasteiger partial charge in [0.2, 0.25) is 0 Å². The third kappa shape index (κ3) is 3.19. The number of para-hydroxylation sites is 2. The van der Waals surface area contributed by atoms with Crippen LogP contribution < -0.4 is 5.32 Å². The van der Waals surface area contributed by atoms with Crippen LogP contribution in [-0.2, 0) is 6.54 Å². The lowest BCUT2D eigenvalue weighted by Gasteiger charge is -2.16. The summed E-state index contributed by atoms with van der Waals surface area (Å²) < 4.78 is 2.25. The average Bonchev–Trinajstić information content (AvgIpc) is 2.85. The van der Waals surface area contributed by atoms with Crippen LogP contribution in [0.1, 0.15) is 45.5 Å². The number of hydrogen-bond donors (Lipinski definition) is 2. The number of aliphatic hydroxyl groups is 1. The molecule has 2 unspecified atom stereocenters. The van der Waals surface area contributed by atoms with Gasteiger partial charge in [-0.3, -0.25) is 0 Å². The highest BCUT2D eigenvalue weighted by Crippen LogP contribution is 2.20. The molecule has 2 rings (SSSR count). The number of aryl methyl sites for hydroxylation is 1. The molecule has 2 aromatic rings. The molecule has 0 saturated carbocycles. The van der Waals surface area contributed by atoms with Crippen molar-refractivity contribution in [3.63, 3.8) is 0 Å². The molecule has 4 nitrogen and oxygen atoms in total. The maximum Gasteiger partial charge on any atom is 0.126 e. The summed E-state index contributed by atoms with van der Waals surface area (Å²) in [6, 6.07) is 8.43. The molecule has 1 heterocycles. The topological polar surface area (TPSA) is 50.1 Å². The van der Waals surface area contributed by atoms with Crippen LogP contribution in [0.5, 0.6) is 0 Å². The van der Waals surface area contributed by atoms with Crippen LogP contribution in [0.2, 0.25) is 0 Å². The Balaban J connectivity index is 2.11. The highest BCUT2D eigenvalue weighted by Gasteiger charge is 2.15. The van der Waals surface area contributed by atoms with Crippen LogP contribution in [-0.4, -0.2) is 27.3 Å². The van der Waals surface area contributed by atoms with Gasteiger partial charge in [0, 0.05) is 6.54 Å². The quantitative estimate of drug-likeness (QED) is 0.817. The fraction of sp³-hybridized carbons (Fsp3) is 0.562. The fourth-order valence-electron chi connectivity index (χ4n) is 2.52. The lowest BCUT2D eigenvalue weighted by molar-refractivity contribution is 0.158. The molecule has 0 spiro atoms. The van der Waals surface area contributed by atoms with Gasteiger partial charge >= 0.3 is 0 Å². The van der Waals surface area contributed by atoms with Crippen molar-refractivity contribution in [1.82, 2.24) is 14.9 Å². The zero-order valence-electron chi connectivity index (χ0n) is 12.6. The minimum absolute atomic E-state index is 0.186. The Morgan fingerprint density at radius 3 is 2.75 bits per heavy atom. The average molecular weight is 275 g/mol. The van der Waals surface area contributed by atoms with E-state index in [0.29, 0.717) is 0 Å². The molecule has 20 heavy (non-hydrogen) atoms. The van der Waals surface area contributed by atoms with Gasteiger partial charge in [-0.1, -0.05) is 19.1 Å². The molecule has 0 radical (unpaired) electrons. The van der Waals surface area contributed by atoms with Gasteiger partial charge in [-0.05, 0) is 45.4 Å². The van der Waals surface area contributed by atoms with E-state index in [-0.39, 0.29) is 12.1 Å². The molecule has 0 aliphatic heterocycles. The second kappa shape index (κ2) is 6.86. The number of nitrogens with zero attached hydrogens (tertiary/aromatic N) is 2. The normalized spacial score (nSPS) is 14.6. The molecule has 2 N–H and O–H groups in total. The minimum atomic E-state index is -0.209. The maximum absolute atomic E-state index is 9.60. The first-order valence-corrected chi connectivity index (χ1v) is 7.54. The Labute approximate surface area is 120 Å². The summed E-state index contributed by atoms with van der Waals surface area (Å²) in [5.74, 6) is 1.07. The zero-order chi connectivity index (χ0) is 14.5. The van der Waals surface area contributed by atoms with Gasteiger partial charge in [0.05, 0.1) is 23.2 Å². The highest BCUT2D eigenvalue weighted by molar-refractivity contribution is 5.76. The monoisotopic (exact) mass is 275 g/mol. The van der Waals surface area contributed by atoms with Gasteiger partial charge in [-0.2, -0.15) is 0 Å². The Morgan fingerprint density at radius 2 is 2.05 bits per heavy atom. The Kier molecular flexibility index (Phi) is 5.15. The Bertz CT molecular complexity index is 550. The number of fused-ring (bicyclic) bond motifs is 1. The zero-order valence-corrected chi connectivity index (χ0v) is 12.6. The van der Waals surface area contributed by atoms with Gasteiger partial charge in [-0.25, -0.2) is 4.98 Å². The SMILES string of the molecule is CCC(O)CCNC(C)c1nc2ccccc2n1CC. The van der Waals surface area contributed by atoms with Gasteiger partial charge < -0.3 is 15.0 Å². The molecule has 1 aromatic carbocycles. The molecule has 4 heteroatoms. The summed E-state index contributed by atoms with van der Waals surface area (Å²) in [5.41, 5.74) is 2.24. The molecule has 0 bridgehead atoms. The fourth-order valence-corrected chi connectivity index (χ4v) is 2.52. The molecular weight excluding hydrogens is 250 g/mol. The predicted octanol–water partition coefficient (Wildman–Crippen LogP) is 2.87. The van der Waals surface area contributed by atoms with Crippen LogP contribution in [0, 0.1) is 0 Å². The molecular formula is C16H25N3O. The summed E-state index contributed by atoms with van der Waals surface area (Å²) >= 11 is 0. The first-order valence-electron chi connectivity index (χ1n) is 7.54. The van der Waals surface area contributed by atoms with Crippen molar-refractivity contribution in [1.29, 1.82) is 0 Å². The van der Waals surface area contributed by atoms with Gasteiger partial charge in [-0.15, -0.1) is 0 Å². The molecule has 1 aromatic heterocycles. The van der Waals surface area contributed by atoms with Crippen molar-refractivity contribution in [3.05, 3.63) is 30.1 Å². The van der Waals surface area contributed by atoms with Crippen LogP contribution >= 0.6 is 0 Å². The number of hydrogen-bond acceptors (Lipinski definition) is 3. The first kappa shape index (κ1) is 15.0. The van der Waals surface area contributed by atoms with Crippen molar-refractivity contribution in [2.75, 3.05) is 6.54 Å². The van der Waals surface area contributed by atoms with Crippen molar-refractivity contribution in [3.8, 4) is 0 Å². The predicted molar refractivity (Wildman–Crippen MR) is 82.7 cm³/mol. The second-order valence-corrected chi connectivity index (χ2v) is 5.23. The van der Waals surface area contributed by atoms with E-state index < -0.39 is 0 Å². The highest BCUT2D eigenvalue weighted by atomic mass is 16.3. The van der Waals surface area contributed by atoms with E-state index >= 15 is 0 Å². The van der Waals surface area contributed by atoms with Crippen molar-refractivity contribution in [2.45, 2.75) is 52.3 Å². The van der Waals surface area contributed by atoms with E-state index in [1.165, 1.54) is 5.52 Å². The van der Waals surface area contributed by atoms with E-state index in [1.807, 2.05) is 13.0 Å². The van der Waals surface area contributed by atoms with E-state index in [1.54, 1.807) is 0 Å². The molecule has 0 saturated heterocycles. The summed E-state index contributed by atoms with van der Waals surface area (Å²) in [4.78, 5) is 4.74. The third-order valence-electron chi connectivity index (χ3n) is 3.79. The molecule has 110 valence electrons. The summed E-state index contributed by atoms with van der Waals surface area (Å²) in [7, 11) is 0. The molecule has 0 fully saturated rings. The molecule has 2 atom stereocenters. The number of nitrogens with one attached hydrogen (secondary N) is 1. The molecule has 0 amide bonds.